The van der Waals surface area contributed by atoms with Gasteiger partial charge in [-0.05, 0) is 26.8 Å². The van der Waals surface area contributed by atoms with Crippen molar-refractivity contribution in [3.8, 4) is 0 Å². The number of amides is 2. The van der Waals surface area contributed by atoms with E-state index >= 15 is 0 Å². The number of benzene rings is 1. The van der Waals surface area contributed by atoms with Crippen molar-refractivity contribution in [3.05, 3.63) is 34.7 Å². The highest BCUT2D eigenvalue weighted by Crippen LogP contribution is 2.44. The number of thioether (sulfide) groups is 1. The quantitative estimate of drug-likeness (QED) is 0.616. The van der Waals surface area contributed by atoms with Crippen molar-refractivity contribution in [1.82, 2.24) is 4.90 Å². The van der Waals surface area contributed by atoms with E-state index < -0.39 is 0 Å². The maximum absolute atomic E-state index is 12.7. The third-order valence-electron chi connectivity index (χ3n) is 3.78. The van der Waals surface area contributed by atoms with E-state index in [1.165, 1.54) is 11.8 Å². The molecule has 0 unspecified atom stereocenters. The molecular formula is C16H16N2O2S2. The Kier molecular flexibility index (Phi) is 3.82. The fourth-order valence-corrected chi connectivity index (χ4v) is 4.38. The lowest BCUT2D eigenvalue weighted by molar-refractivity contribution is -0.123. The Morgan fingerprint density at radius 2 is 1.86 bits per heavy atom. The summed E-state index contributed by atoms with van der Waals surface area (Å²) in [6.07, 6.45) is 0. The molecule has 2 aliphatic heterocycles. The van der Waals surface area contributed by atoms with E-state index in [2.05, 4.69) is 0 Å². The zero-order valence-corrected chi connectivity index (χ0v) is 14.3. The molecule has 22 heavy (non-hydrogen) atoms. The summed E-state index contributed by atoms with van der Waals surface area (Å²) >= 11 is 6.54. The van der Waals surface area contributed by atoms with Gasteiger partial charge >= 0.3 is 0 Å². The molecule has 1 aromatic rings. The van der Waals surface area contributed by atoms with Gasteiger partial charge in [0.05, 0.1) is 16.2 Å². The van der Waals surface area contributed by atoms with Crippen molar-refractivity contribution in [2.75, 3.05) is 11.4 Å². The fraction of sp³-hybridized carbons (Fsp3) is 0.312. The Balaban J connectivity index is 2.18. The van der Waals surface area contributed by atoms with E-state index in [0.717, 1.165) is 11.3 Å². The summed E-state index contributed by atoms with van der Waals surface area (Å²) in [5.41, 5.74) is 2.16. The number of rotatable bonds is 2. The van der Waals surface area contributed by atoms with Crippen LogP contribution in [0.5, 0.6) is 0 Å². The van der Waals surface area contributed by atoms with Gasteiger partial charge in [-0.15, -0.1) is 0 Å². The van der Waals surface area contributed by atoms with Crippen LogP contribution in [0.3, 0.4) is 0 Å². The zero-order chi connectivity index (χ0) is 16.0. The number of thiocarbonyl (C=S) groups is 1. The molecule has 1 saturated heterocycles. The molecule has 0 saturated carbocycles. The smallest absolute Gasteiger partial charge is 0.267 e. The molecule has 6 heteroatoms. The van der Waals surface area contributed by atoms with Gasteiger partial charge in [0.2, 0.25) is 0 Å². The number of anilines is 1. The van der Waals surface area contributed by atoms with Crippen LogP contribution in [-0.4, -0.2) is 33.6 Å². The van der Waals surface area contributed by atoms with Gasteiger partial charge in [0.15, 0.2) is 0 Å². The molecular weight excluding hydrogens is 316 g/mol. The molecule has 3 rings (SSSR count). The number of hydrogen-bond donors (Lipinski definition) is 0. The summed E-state index contributed by atoms with van der Waals surface area (Å²) in [6, 6.07) is 7.57. The number of hydrogen-bond acceptors (Lipinski definition) is 4. The fourth-order valence-electron chi connectivity index (χ4n) is 2.79. The maximum Gasteiger partial charge on any atom is 0.267 e. The summed E-state index contributed by atoms with van der Waals surface area (Å²) in [5, 5.41) is 0. The topological polar surface area (TPSA) is 40.6 Å². The molecule has 0 radical (unpaired) electrons. The first kappa shape index (κ1) is 15.2. The second-order valence-electron chi connectivity index (χ2n) is 5.41. The van der Waals surface area contributed by atoms with Gasteiger partial charge in [0, 0.05) is 18.2 Å². The van der Waals surface area contributed by atoms with Crippen LogP contribution in [0.2, 0.25) is 0 Å². The normalized spacial score (nSPS) is 21.4. The summed E-state index contributed by atoms with van der Waals surface area (Å²) in [4.78, 5) is 29.2. The molecule has 0 N–H and O–H groups in total. The van der Waals surface area contributed by atoms with Crippen LogP contribution < -0.4 is 4.90 Å². The minimum atomic E-state index is -0.166. The molecule has 2 heterocycles. The number of likely N-dealkylation sites (N-methyl/N-ethyl adjacent to an activating group) is 1. The zero-order valence-electron chi connectivity index (χ0n) is 12.6. The standard InChI is InChI=1S/C16H16N2O2S2/c1-4-17-11-8-6-5-7-10(11)12(14(17)19)13-15(20)18(9(2)3)16(21)22-13/h5-9H,4H2,1-3H3/b13-12-. The van der Waals surface area contributed by atoms with E-state index in [4.69, 9.17) is 12.2 Å². The Labute approximate surface area is 139 Å². The third-order valence-corrected chi connectivity index (χ3v) is 5.18. The number of para-hydroxylation sites is 1. The van der Waals surface area contributed by atoms with Gasteiger partial charge in [-0.25, -0.2) is 0 Å². The molecule has 114 valence electrons. The number of fused-ring (bicyclic) bond motifs is 1. The van der Waals surface area contributed by atoms with Crippen LogP contribution >= 0.6 is 24.0 Å². The van der Waals surface area contributed by atoms with E-state index in [1.54, 1.807) is 9.80 Å². The van der Waals surface area contributed by atoms with Crippen LogP contribution in [0, 0.1) is 0 Å². The molecule has 1 aromatic carbocycles. The maximum atomic E-state index is 12.7. The van der Waals surface area contributed by atoms with Crippen LogP contribution in [0.4, 0.5) is 5.69 Å². The highest BCUT2D eigenvalue weighted by Gasteiger charge is 2.42. The van der Waals surface area contributed by atoms with Crippen LogP contribution in [0.1, 0.15) is 26.3 Å². The van der Waals surface area contributed by atoms with E-state index in [0.29, 0.717) is 21.3 Å². The molecule has 4 nitrogen and oxygen atoms in total. The van der Waals surface area contributed by atoms with Gasteiger partial charge in [-0.2, -0.15) is 0 Å². The lowest BCUT2D eigenvalue weighted by Crippen LogP contribution is -2.35. The Hall–Kier alpha value is -1.66. The van der Waals surface area contributed by atoms with Gasteiger partial charge in [0.25, 0.3) is 11.8 Å². The first-order valence-corrected chi connectivity index (χ1v) is 8.40. The third kappa shape index (κ3) is 2.09. The lowest BCUT2D eigenvalue weighted by Gasteiger charge is -2.18. The minimum Gasteiger partial charge on any atom is -0.308 e. The van der Waals surface area contributed by atoms with Gasteiger partial charge in [0.1, 0.15) is 4.32 Å². The van der Waals surface area contributed by atoms with Crippen molar-refractivity contribution < 1.29 is 9.59 Å². The largest absolute Gasteiger partial charge is 0.308 e. The Bertz CT molecular complexity index is 725. The minimum absolute atomic E-state index is 0.0142. The average Bonchev–Trinajstić information content (AvgIpc) is 2.91. The molecule has 0 spiro atoms. The number of carbonyl (C=O) groups is 2. The predicted molar refractivity (Wildman–Crippen MR) is 93.6 cm³/mol. The van der Waals surface area contributed by atoms with Crippen LogP contribution in [0.25, 0.3) is 5.57 Å². The predicted octanol–water partition coefficient (Wildman–Crippen LogP) is 3.03. The molecule has 0 atom stereocenters. The van der Waals surface area contributed by atoms with Gasteiger partial charge in [-0.3, -0.25) is 14.5 Å². The Morgan fingerprint density at radius 3 is 2.45 bits per heavy atom. The first-order valence-electron chi connectivity index (χ1n) is 7.18. The summed E-state index contributed by atoms with van der Waals surface area (Å²) < 4.78 is 0.516. The molecule has 1 fully saturated rings. The molecule has 2 aliphatic rings. The summed E-state index contributed by atoms with van der Waals surface area (Å²) in [6.45, 7) is 6.34. The first-order chi connectivity index (χ1) is 10.5. The molecule has 2 amide bonds. The van der Waals surface area contributed by atoms with Crippen molar-refractivity contribution in [2.45, 2.75) is 26.8 Å². The molecule has 0 aliphatic carbocycles. The van der Waals surface area contributed by atoms with Crippen molar-refractivity contribution in [3.63, 3.8) is 0 Å². The van der Waals surface area contributed by atoms with Crippen LogP contribution in [0.15, 0.2) is 29.2 Å². The van der Waals surface area contributed by atoms with Crippen molar-refractivity contribution in [1.29, 1.82) is 0 Å². The van der Waals surface area contributed by atoms with Crippen molar-refractivity contribution >= 4 is 51.4 Å². The lowest BCUT2D eigenvalue weighted by atomic mass is 10.1. The van der Waals surface area contributed by atoms with Crippen molar-refractivity contribution in [2.24, 2.45) is 0 Å². The second kappa shape index (κ2) is 5.52. The SMILES string of the molecule is CCN1C(=O)/C(=C2\SC(=S)N(C(C)C)C2=O)c2ccccc21. The summed E-state index contributed by atoms with van der Waals surface area (Å²) in [7, 11) is 0. The monoisotopic (exact) mass is 332 g/mol. The second-order valence-corrected chi connectivity index (χ2v) is 7.05. The summed E-state index contributed by atoms with van der Waals surface area (Å²) in [5.74, 6) is -0.283. The van der Waals surface area contributed by atoms with Crippen LogP contribution in [-0.2, 0) is 9.59 Å². The molecule has 0 bridgehead atoms. The van der Waals surface area contributed by atoms with E-state index in [-0.39, 0.29) is 17.9 Å². The van der Waals surface area contributed by atoms with Gasteiger partial charge in [-0.1, -0.05) is 42.2 Å². The Morgan fingerprint density at radius 1 is 1.18 bits per heavy atom. The van der Waals surface area contributed by atoms with E-state index in [9.17, 15) is 9.59 Å². The highest BCUT2D eigenvalue weighted by molar-refractivity contribution is 8.26. The number of nitrogens with zero attached hydrogens (tertiary/aromatic N) is 2. The highest BCUT2D eigenvalue weighted by atomic mass is 32.2. The average molecular weight is 332 g/mol. The number of carbonyl (C=O) groups excluding carboxylic acids is 2. The van der Waals surface area contributed by atoms with Gasteiger partial charge < -0.3 is 4.90 Å². The van der Waals surface area contributed by atoms with E-state index in [1.807, 2.05) is 45.0 Å². The molecule has 0 aromatic heterocycles.